The molecule has 12 N–H and O–H groups in total. The number of pyridine rings is 4. The van der Waals surface area contributed by atoms with Crippen molar-refractivity contribution in [1.82, 2.24) is 50.1 Å². The summed E-state index contributed by atoms with van der Waals surface area (Å²) in [6.45, 7) is 13.1. The fourth-order valence-corrected chi connectivity index (χ4v) is 8.63. The van der Waals surface area contributed by atoms with Crippen LogP contribution in [0.1, 0.15) is 93.4 Å². The Morgan fingerprint density at radius 2 is 0.890 bits per heavy atom. The van der Waals surface area contributed by atoms with E-state index in [0.29, 0.717) is 54.6 Å². The van der Waals surface area contributed by atoms with Crippen molar-refractivity contribution in [3.05, 3.63) is 168 Å². The number of hydrogen-bond acceptors (Lipinski definition) is 18. The molecule has 6 aromatic heterocycles. The molecule has 0 fully saturated rings. The van der Waals surface area contributed by atoms with Crippen molar-refractivity contribution in [2.45, 2.75) is 111 Å². The second kappa shape index (κ2) is 37.5. The molecule has 484 valence electrons. The van der Waals surface area contributed by atoms with Gasteiger partial charge in [-0.15, -0.1) is 0 Å². The third-order valence-electron chi connectivity index (χ3n) is 11.6. The van der Waals surface area contributed by atoms with Crippen LogP contribution in [0.4, 0.5) is 10.6 Å². The molecule has 0 unspecified atom stereocenters. The number of aliphatic carboxylic acids is 2. The van der Waals surface area contributed by atoms with Gasteiger partial charge in [0.25, 0.3) is 11.8 Å². The number of Topliss-reactive ketones (excluding diaryl/α,β-unsaturated/α-hetero) is 3. The Bertz CT molecular complexity index is 3820. The van der Waals surface area contributed by atoms with E-state index >= 15 is 0 Å². The second-order valence-corrected chi connectivity index (χ2v) is 24.0. The van der Waals surface area contributed by atoms with Gasteiger partial charge in [-0.3, -0.25) is 47.7 Å². The van der Waals surface area contributed by atoms with Crippen molar-refractivity contribution >= 4 is 144 Å². The van der Waals surface area contributed by atoms with Crippen LogP contribution >= 0.6 is 63.7 Å². The number of alkyl carbamates (subject to hydrolysis) is 1. The number of carbonyl (C=O) groups is 9. The number of fused-ring (bicyclic) bond motifs is 2. The Balaban J connectivity index is 0.000000304. The maximum Gasteiger partial charge on any atom is 0.408 e. The van der Waals surface area contributed by atoms with E-state index in [2.05, 4.69) is 104 Å². The van der Waals surface area contributed by atoms with Crippen LogP contribution in [-0.4, -0.2) is 127 Å². The number of carboxylic acids is 2. The first kappa shape index (κ1) is 76.5. The van der Waals surface area contributed by atoms with Gasteiger partial charge in [-0.2, -0.15) is 10.2 Å². The number of benzene rings is 2. The van der Waals surface area contributed by atoms with Crippen molar-refractivity contribution in [1.29, 1.82) is 0 Å². The number of nitrogens with one attached hydrogen (secondary N) is 2. The number of nitrogens with zero attached hydrogens (tertiary/aromatic N) is 8. The van der Waals surface area contributed by atoms with Crippen LogP contribution in [0.5, 0.6) is 0 Å². The zero-order valence-corrected chi connectivity index (χ0v) is 57.1. The Morgan fingerprint density at radius 3 is 1.22 bits per heavy atom. The van der Waals surface area contributed by atoms with Gasteiger partial charge in [0.2, 0.25) is 5.91 Å². The number of primary amides is 2. The zero-order valence-electron chi connectivity index (χ0n) is 50.8. The number of hydrogen-bond donors (Lipinski definition) is 8. The summed E-state index contributed by atoms with van der Waals surface area (Å²) >= 11 is 12.9. The van der Waals surface area contributed by atoms with E-state index in [1.807, 2.05) is 36.4 Å². The molecule has 3 atom stereocenters. The molecule has 0 saturated heterocycles. The summed E-state index contributed by atoms with van der Waals surface area (Å²) in [5, 5.41) is 31.0. The lowest BCUT2D eigenvalue weighted by Gasteiger charge is -2.21. The highest BCUT2D eigenvalue weighted by Gasteiger charge is 2.23. The number of nitrogen functional groups attached to an aromatic ring is 1. The van der Waals surface area contributed by atoms with Gasteiger partial charge in [0.05, 0.1) is 54.3 Å². The van der Waals surface area contributed by atoms with Crippen molar-refractivity contribution in [2.75, 3.05) is 5.73 Å². The molecule has 26 nitrogen and oxygen atoms in total. The third kappa shape index (κ3) is 28.3. The standard InChI is InChI=1S/C19H18BrN5O3.C14H19BrN2O3.C10H9N3O3.C9H11BrN2O.C5H5BrN2.C4H8O2/c1-11(15(26)9-12-5-4-8-16(20)23-12)22-17(27)10-25-14-7-3-2-6-13(14)18(24-25)19(21)28;1-9(16-13(19)20-14(2,3)4)11(18)8-10-6-5-7-12(15)17-10;11-10(16)9-6-3-1-2-4-7(6)13(12-9)5-8(14)15;1-6(11)8(13)5-7-3-2-4-9(10)12-7;6-4-2-1-3-5(7)8-4;1-3(2)4(5)6/h2-8,11H,9-10H2,1H3,(H2,21,28)(H,22,27);5-7,9H,8H2,1-4H3,(H,16,19);1-4H,5H2,(H2,11,16)(H,14,15);2-4,6H,5,11H2,1H3;1-3H,(H2,7,8);3H,1-2H3,(H,5,6)/t11-;9-;;6-;;/m00.0../s1. The first-order valence-electron chi connectivity index (χ1n) is 27.4. The molecular weight excluding hydrogens is 1440 g/mol. The molecule has 0 aliphatic heterocycles. The average molecular weight is 1510 g/mol. The molecule has 91 heavy (non-hydrogen) atoms. The highest BCUT2D eigenvalue weighted by atomic mass is 79.9. The Morgan fingerprint density at radius 1 is 0.527 bits per heavy atom. The quantitative estimate of drug-likeness (QED) is 0.0375. The van der Waals surface area contributed by atoms with E-state index in [1.165, 1.54) is 9.36 Å². The van der Waals surface area contributed by atoms with Crippen LogP contribution in [0.15, 0.2) is 140 Å². The van der Waals surface area contributed by atoms with Gasteiger partial charge in [-0.25, -0.2) is 24.7 Å². The molecule has 0 bridgehead atoms. The molecule has 2 aromatic carbocycles. The largest absolute Gasteiger partial charge is 0.481 e. The molecular formula is C61H70Br4N14O12. The smallest absolute Gasteiger partial charge is 0.408 e. The Labute approximate surface area is 557 Å². The molecule has 4 amide bonds. The average Bonchev–Trinajstić information content (AvgIpc) is 2.36. The second-order valence-electron chi connectivity index (χ2n) is 20.8. The fraction of sp³-hybridized carbons (Fsp3) is 0.295. The summed E-state index contributed by atoms with van der Waals surface area (Å²) < 4.78 is 10.6. The van der Waals surface area contributed by atoms with Gasteiger partial charge in [0.15, 0.2) is 28.7 Å². The van der Waals surface area contributed by atoms with Gasteiger partial charge in [-0.05, 0) is 166 Å². The van der Waals surface area contributed by atoms with Gasteiger partial charge in [0, 0.05) is 27.9 Å². The number of halogens is 4. The lowest BCUT2D eigenvalue weighted by Crippen LogP contribution is -2.42. The number of carboxylic acid groups (broad SMARTS) is 2. The van der Waals surface area contributed by atoms with E-state index in [-0.39, 0.29) is 60.6 Å². The van der Waals surface area contributed by atoms with Crippen LogP contribution in [0.3, 0.4) is 0 Å². The Hall–Kier alpha value is -8.71. The molecule has 6 heterocycles. The topological polar surface area (TPSA) is 419 Å². The van der Waals surface area contributed by atoms with Crippen LogP contribution in [0.2, 0.25) is 0 Å². The Kier molecular flexibility index (Phi) is 31.5. The van der Waals surface area contributed by atoms with Gasteiger partial charge in [0.1, 0.15) is 42.9 Å². The summed E-state index contributed by atoms with van der Waals surface area (Å²) in [6.07, 6.45) is -0.0224. The van der Waals surface area contributed by atoms with E-state index in [1.54, 1.807) is 140 Å². The van der Waals surface area contributed by atoms with Crippen LogP contribution in [0, 0.1) is 5.92 Å². The van der Waals surface area contributed by atoms with Gasteiger partial charge in [-0.1, -0.05) is 74.5 Å². The summed E-state index contributed by atoms with van der Waals surface area (Å²) in [7, 11) is 0. The number of rotatable bonds is 18. The number of ether oxygens (including phenoxy) is 1. The van der Waals surface area contributed by atoms with Crippen molar-refractivity contribution in [3.63, 3.8) is 0 Å². The number of ketones is 3. The van der Waals surface area contributed by atoms with Crippen LogP contribution in [-0.2, 0) is 65.9 Å². The minimum atomic E-state index is -1.02. The summed E-state index contributed by atoms with van der Waals surface area (Å²) in [6, 6.07) is 33.7. The number of nitrogens with two attached hydrogens (primary N) is 4. The summed E-state index contributed by atoms with van der Waals surface area (Å²) in [4.78, 5) is 119. The summed E-state index contributed by atoms with van der Waals surface area (Å²) in [5.74, 6) is -3.47. The van der Waals surface area contributed by atoms with E-state index in [0.717, 1.165) is 14.9 Å². The van der Waals surface area contributed by atoms with Crippen LogP contribution in [0.25, 0.3) is 21.8 Å². The molecule has 0 aliphatic carbocycles. The van der Waals surface area contributed by atoms with Crippen molar-refractivity contribution in [3.8, 4) is 0 Å². The summed E-state index contributed by atoms with van der Waals surface area (Å²) in [5.41, 5.74) is 24.1. The third-order valence-corrected chi connectivity index (χ3v) is 13.3. The van der Waals surface area contributed by atoms with Gasteiger partial charge < -0.3 is 48.5 Å². The normalized spacial score (nSPS) is 11.5. The van der Waals surface area contributed by atoms with Crippen molar-refractivity contribution in [2.24, 2.45) is 23.1 Å². The monoisotopic (exact) mass is 1510 g/mol. The minimum Gasteiger partial charge on any atom is -0.481 e. The first-order chi connectivity index (χ1) is 42.6. The lowest BCUT2D eigenvalue weighted by molar-refractivity contribution is -0.140. The highest BCUT2D eigenvalue weighted by Crippen LogP contribution is 2.20. The SMILES string of the molecule is CC(C)C(=O)O.C[C@H](N)C(=O)Cc1cccc(Br)n1.C[C@H](NC(=O)Cn1nc(C(N)=O)c2ccccc21)C(=O)Cc1cccc(Br)n1.C[C@H](NC(=O)OC(C)(C)C)C(=O)Cc1cccc(Br)n1.NC(=O)c1nn(CC(=O)O)c2ccccc12.Nc1cccc(Br)n1. The predicted molar refractivity (Wildman–Crippen MR) is 355 cm³/mol. The highest BCUT2D eigenvalue weighted by molar-refractivity contribution is 9.11. The number of para-hydroxylation sites is 2. The maximum absolute atomic E-state index is 12.4. The van der Waals surface area contributed by atoms with E-state index in [9.17, 15) is 43.2 Å². The molecule has 0 spiro atoms. The van der Waals surface area contributed by atoms with Crippen molar-refractivity contribution < 1.29 is 58.1 Å². The molecule has 0 radical (unpaired) electrons. The fourth-order valence-electron chi connectivity index (χ4n) is 7.13. The molecule has 8 aromatic rings. The molecule has 30 heteroatoms. The van der Waals surface area contributed by atoms with Crippen LogP contribution < -0.4 is 33.6 Å². The predicted octanol–water partition coefficient (Wildman–Crippen LogP) is 8.15. The lowest BCUT2D eigenvalue weighted by atomic mass is 10.1. The first-order valence-corrected chi connectivity index (χ1v) is 30.6. The maximum atomic E-state index is 12.4. The number of carbonyl (C=O) groups excluding carboxylic acids is 7. The number of amides is 4. The zero-order chi connectivity index (χ0) is 68.3. The van der Waals surface area contributed by atoms with Gasteiger partial charge >= 0.3 is 18.0 Å². The molecule has 8 rings (SSSR count). The van der Waals surface area contributed by atoms with E-state index < -0.39 is 59.5 Å². The minimum absolute atomic E-state index is 0.00519. The van der Waals surface area contributed by atoms with E-state index in [4.69, 9.17) is 37.9 Å². The number of anilines is 1. The number of aromatic nitrogens is 8. The molecule has 0 saturated carbocycles. The molecule has 0 aliphatic rings.